The summed E-state index contributed by atoms with van der Waals surface area (Å²) in [6.07, 6.45) is 1.86. The van der Waals surface area contributed by atoms with Crippen LogP contribution in [0.3, 0.4) is 0 Å². The van der Waals surface area contributed by atoms with Crippen molar-refractivity contribution in [2.75, 3.05) is 20.2 Å². The average molecular weight is 295 g/mol. The molecule has 0 saturated carbocycles. The van der Waals surface area contributed by atoms with E-state index in [4.69, 9.17) is 0 Å². The lowest BCUT2D eigenvalue weighted by atomic mass is 10.1. The highest BCUT2D eigenvalue weighted by Crippen LogP contribution is 2.17. The maximum atomic E-state index is 12.1. The second-order valence-corrected chi connectivity index (χ2v) is 4.97. The summed E-state index contributed by atoms with van der Waals surface area (Å²) in [5.74, 6) is -0.900. The molecule has 114 valence electrons. The Bertz CT molecular complexity index is 675. The number of hydrogen-bond donors (Lipinski definition) is 0. The molecule has 1 unspecified atom stereocenters. The minimum absolute atomic E-state index is 0.152. The van der Waals surface area contributed by atoms with E-state index in [2.05, 4.69) is 4.74 Å². The van der Waals surface area contributed by atoms with E-state index >= 15 is 0 Å². The van der Waals surface area contributed by atoms with Gasteiger partial charge in [0.15, 0.2) is 0 Å². The van der Waals surface area contributed by atoms with E-state index in [1.165, 1.54) is 35.9 Å². The van der Waals surface area contributed by atoms with Crippen LogP contribution in [0, 0.1) is 5.92 Å². The number of ether oxygens (including phenoxy) is 1. The van der Waals surface area contributed by atoms with E-state index in [1.54, 1.807) is 0 Å². The van der Waals surface area contributed by atoms with Gasteiger partial charge in [-0.2, -0.15) is 0 Å². The summed E-state index contributed by atoms with van der Waals surface area (Å²) in [6, 6.07) is 1.23. The van der Waals surface area contributed by atoms with Gasteiger partial charge >= 0.3 is 11.7 Å². The Morgan fingerprint density at radius 1 is 1.38 bits per heavy atom. The first kappa shape index (κ1) is 15.0. The van der Waals surface area contributed by atoms with Crippen molar-refractivity contribution in [3.05, 3.63) is 33.1 Å². The number of esters is 1. The average Bonchev–Trinajstić information content (AvgIpc) is 2.97. The van der Waals surface area contributed by atoms with Gasteiger partial charge in [0.05, 0.1) is 13.0 Å². The summed E-state index contributed by atoms with van der Waals surface area (Å²) in [5.41, 5.74) is -0.963. The minimum atomic E-state index is -0.542. The molecule has 1 saturated heterocycles. The Morgan fingerprint density at radius 2 is 2.10 bits per heavy atom. The molecule has 1 aromatic heterocycles. The van der Waals surface area contributed by atoms with Gasteiger partial charge in [-0.15, -0.1) is 0 Å². The number of carbonyl (C=O) groups excluding carboxylic acids is 2. The van der Waals surface area contributed by atoms with Crippen LogP contribution in [0.2, 0.25) is 0 Å². The predicted octanol–water partition coefficient (Wildman–Crippen LogP) is -1.43. The van der Waals surface area contributed by atoms with Crippen molar-refractivity contribution in [2.24, 2.45) is 13.0 Å². The molecule has 0 N–H and O–H groups in total. The normalized spacial score (nSPS) is 17.8. The molecule has 1 atom stereocenters. The van der Waals surface area contributed by atoms with Crippen LogP contribution in [0.4, 0.5) is 0 Å². The number of rotatable bonds is 3. The van der Waals surface area contributed by atoms with Gasteiger partial charge in [-0.1, -0.05) is 0 Å². The van der Waals surface area contributed by atoms with Gasteiger partial charge in [0.25, 0.3) is 5.56 Å². The minimum Gasteiger partial charge on any atom is -0.469 e. The number of methoxy groups -OCH3 is 1. The fourth-order valence-electron chi connectivity index (χ4n) is 2.33. The molecule has 2 heterocycles. The van der Waals surface area contributed by atoms with Crippen LogP contribution >= 0.6 is 0 Å². The summed E-state index contributed by atoms with van der Waals surface area (Å²) >= 11 is 0. The quantitative estimate of drug-likeness (QED) is 0.638. The van der Waals surface area contributed by atoms with Crippen molar-refractivity contribution >= 4 is 11.9 Å². The molecule has 0 radical (unpaired) electrons. The second kappa shape index (κ2) is 5.94. The van der Waals surface area contributed by atoms with Crippen LogP contribution < -0.4 is 11.2 Å². The lowest BCUT2D eigenvalue weighted by molar-refractivity contribution is -0.145. The van der Waals surface area contributed by atoms with E-state index < -0.39 is 11.2 Å². The maximum Gasteiger partial charge on any atom is 0.331 e. The van der Waals surface area contributed by atoms with Gasteiger partial charge in [0, 0.05) is 32.4 Å². The molecule has 8 heteroatoms. The topological polar surface area (TPSA) is 90.6 Å². The lowest BCUT2D eigenvalue weighted by Gasteiger charge is -2.17. The van der Waals surface area contributed by atoms with Crippen LogP contribution in [-0.4, -0.2) is 46.1 Å². The molecular formula is C13H17N3O5. The van der Waals surface area contributed by atoms with Gasteiger partial charge < -0.3 is 9.64 Å². The fraction of sp³-hybridized carbons (Fsp3) is 0.538. The van der Waals surface area contributed by atoms with Crippen LogP contribution in [-0.2, 0) is 27.9 Å². The summed E-state index contributed by atoms with van der Waals surface area (Å²) in [7, 11) is 2.67. The van der Waals surface area contributed by atoms with E-state index in [-0.39, 0.29) is 24.3 Å². The molecule has 8 nitrogen and oxygen atoms in total. The summed E-state index contributed by atoms with van der Waals surface area (Å²) in [5, 5.41) is 0. The first-order valence-corrected chi connectivity index (χ1v) is 6.56. The van der Waals surface area contributed by atoms with Gasteiger partial charge in [0.1, 0.15) is 6.54 Å². The van der Waals surface area contributed by atoms with Gasteiger partial charge in [-0.3, -0.25) is 23.5 Å². The number of aromatic nitrogens is 2. The molecular weight excluding hydrogens is 278 g/mol. The third kappa shape index (κ3) is 3.04. The molecule has 0 aliphatic carbocycles. The highest BCUT2D eigenvalue weighted by Gasteiger charge is 2.31. The standard InChI is InChI=1S/C13H17N3O5/c1-14-10(17)4-6-16(13(14)20)8-11(18)15-5-3-9(7-15)12(19)21-2/h4,6,9H,3,5,7-8H2,1-2H3. The van der Waals surface area contributed by atoms with E-state index in [9.17, 15) is 19.2 Å². The number of likely N-dealkylation sites (tertiary alicyclic amines) is 1. The highest BCUT2D eigenvalue weighted by atomic mass is 16.5. The first-order valence-electron chi connectivity index (χ1n) is 6.56. The molecule has 21 heavy (non-hydrogen) atoms. The van der Waals surface area contributed by atoms with Crippen LogP contribution in [0.5, 0.6) is 0 Å². The Labute approximate surface area is 120 Å². The Balaban J connectivity index is 2.07. The van der Waals surface area contributed by atoms with Crippen molar-refractivity contribution in [1.82, 2.24) is 14.0 Å². The zero-order valence-electron chi connectivity index (χ0n) is 11.9. The van der Waals surface area contributed by atoms with Crippen molar-refractivity contribution in [2.45, 2.75) is 13.0 Å². The smallest absolute Gasteiger partial charge is 0.331 e. The van der Waals surface area contributed by atoms with Crippen molar-refractivity contribution < 1.29 is 14.3 Å². The molecule has 0 aromatic carbocycles. The van der Waals surface area contributed by atoms with Crippen molar-refractivity contribution in [1.29, 1.82) is 0 Å². The fourth-order valence-corrected chi connectivity index (χ4v) is 2.33. The summed E-state index contributed by atoms with van der Waals surface area (Å²) < 4.78 is 6.77. The number of carbonyl (C=O) groups is 2. The molecule has 0 spiro atoms. The van der Waals surface area contributed by atoms with Gasteiger partial charge in [-0.25, -0.2) is 4.79 Å². The Hall–Kier alpha value is -2.38. The molecule has 1 aliphatic rings. The number of amides is 1. The van der Waals surface area contributed by atoms with Crippen LogP contribution in [0.25, 0.3) is 0 Å². The molecule has 1 aliphatic heterocycles. The monoisotopic (exact) mass is 295 g/mol. The van der Waals surface area contributed by atoms with Gasteiger partial charge in [-0.05, 0) is 6.42 Å². The predicted molar refractivity (Wildman–Crippen MR) is 72.6 cm³/mol. The van der Waals surface area contributed by atoms with Crippen LogP contribution in [0.15, 0.2) is 21.9 Å². The van der Waals surface area contributed by atoms with E-state index in [1.807, 2.05) is 0 Å². The molecule has 0 bridgehead atoms. The number of hydrogen-bond acceptors (Lipinski definition) is 5. The molecule has 1 aromatic rings. The second-order valence-electron chi connectivity index (χ2n) is 4.97. The SMILES string of the molecule is COC(=O)C1CCN(C(=O)Cn2ccc(=O)n(C)c2=O)C1. The van der Waals surface area contributed by atoms with Crippen molar-refractivity contribution in [3.8, 4) is 0 Å². The lowest BCUT2D eigenvalue weighted by Crippen LogP contribution is -2.41. The molecule has 1 fully saturated rings. The maximum absolute atomic E-state index is 12.1. The number of nitrogens with zero attached hydrogens (tertiary/aromatic N) is 3. The zero-order chi connectivity index (χ0) is 15.6. The van der Waals surface area contributed by atoms with Crippen LogP contribution in [0.1, 0.15) is 6.42 Å². The third-order valence-electron chi connectivity index (χ3n) is 3.64. The van der Waals surface area contributed by atoms with E-state index in [0.717, 1.165) is 4.57 Å². The largest absolute Gasteiger partial charge is 0.469 e. The zero-order valence-corrected chi connectivity index (χ0v) is 11.9. The molecule has 2 rings (SSSR count). The van der Waals surface area contributed by atoms with E-state index in [0.29, 0.717) is 19.5 Å². The van der Waals surface area contributed by atoms with Crippen molar-refractivity contribution in [3.63, 3.8) is 0 Å². The third-order valence-corrected chi connectivity index (χ3v) is 3.64. The molecule has 1 amide bonds. The first-order chi connectivity index (χ1) is 9.93. The Kier molecular flexibility index (Phi) is 4.25. The highest BCUT2D eigenvalue weighted by molar-refractivity contribution is 5.79. The Morgan fingerprint density at radius 3 is 2.76 bits per heavy atom. The summed E-state index contributed by atoms with van der Waals surface area (Å²) in [4.78, 5) is 48.2. The van der Waals surface area contributed by atoms with Gasteiger partial charge in [0.2, 0.25) is 5.91 Å². The summed E-state index contributed by atoms with van der Waals surface area (Å²) in [6.45, 7) is 0.603.